The Morgan fingerprint density at radius 2 is 1.93 bits per heavy atom. The lowest BCUT2D eigenvalue weighted by molar-refractivity contribution is 0.159. The van der Waals surface area contributed by atoms with Crippen molar-refractivity contribution < 1.29 is 14.3 Å². The van der Waals surface area contributed by atoms with Crippen LogP contribution in [0.25, 0.3) is 16.3 Å². The van der Waals surface area contributed by atoms with Crippen LogP contribution in [0.5, 0.6) is 5.75 Å². The van der Waals surface area contributed by atoms with E-state index in [0.717, 1.165) is 11.3 Å². The fourth-order valence-electron chi connectivity index (χ4n) is 2.68. The second kappa shape index (κ2) is 8.30. The third-order valence-corrected chi connectivity index (χ3v) is 4.80. The third-order valence-electron chi connectivity index (χ3n) is 4.32. The monoisotopic (exact) mass is 398 g/mol. The number of aliphatic hydroxyl groups excluding tert-OH is 1. The van der Waals surface area contributed by atoms with Crippen molar-refractivity contribution in [1.29, 1.82) is 0 Å². The molecule has 3 aromatic rings. The van der Waals surface area contributed by atoms with Crippen LogP contribution in [0.4, 0.5) is 11.4 Å². The molecule has 2 N–H and O–H groups in total. The summed E-state index contributed by atoms with van der Waals surface area (Å²) in [5, 5.41) is 22.0. The number of benzene rings is 2. The van der Waals surface area contributed by atoms with Crippen molar-refractivity contribution in [2.45, 2.75) is 26.0 Å². The second-order valence-electron chi connectivity index (χ2n) is 6.22. The van der Waals surface area contributed by atoms with Crippen LogP contribution >= 0.6 is 11.6 Å². The molecule has 1 aromatic heterocycles. The van der Waals surface area contributed by atoms with E-state index < -0.39 is 12.1 Å². The van der Waals surface area contributed by atoms with Gasteiger partial charge in [0.1, 0.15) is 11.8 Å². The quantitative estimate of drug-likeness (QED) is 0.580. The van der Waals surface area contributed by atoms with E-state index in [0.29, 0.717) is 27.9 Å². The highest BCUT2D eigenvalue weighted by atomic mass is 35.5. The summed E-state index contributed by atoms with van der Waals surface area (Å²) in [6, 6.07) is 9.95. The number of aliphatic hydroxyl groups is 1. The van der Waals surface area contributed by atoms with E-state index in [-0.39, 0.29) is 5.89 Å². The van der Waals surface area contributed by atoms with Gasteiger partial charge in [-0.25, -0.2) is 4.85 Å². The molecule has 0 fully saturated rings. The Labute approximate surface area is 167 Å². The molecule has 3 rings (SSSR count). The molecule has 144 valence electrons. The van der Waals surface area contributed by atoms with Crippen molar-refractivity contribution in [2.75, 3.05) is 12.4 Å². The first kappa shape index (κ1) is 19.7. The minimum absolute atomic E-state index is 0.241. The van der Waals surface area contributed by atoms with Crippen LogP contribution in [-0.2, 0) is 0 Å². The molecule has 0 spiro atoms. The normalized spacial score (nSPS) is 12.9. The maximum Gasteiger partial charge on any atom is 0.247 e. The Bertz CT molecular complexity index is 1010. The Morgan fingerprint density at radius 1 is 1.21 bits per heavy atom. The minimum Gasteiger partial charge on any atom is -0.497 e. The lowest BCUT2D eigenvalue weighted by atomic mass is 10.1. The van der Waals surface area contributed by atoms with Gasteiger partial charge in [0, 0.05) is 11.3 Å². The van der Waals surface area contributed by atoms with Gasteiger partial charge >= 0.3 is 0 Å². The van der Waals surface area contributed by atoms with Crippen LogP contribution in [0, 0.1) is 13.5 Å². The predicted octanol–water partition coefficient (Wildman–Crippen LogP) is 4.79. The van der Waals surface area contributed by atoms with Gasteiger partial charge in [-0.15, -0.1) is 10.2 Å². The van der Waals surface area contributed by atoms with Crippen LogP contribution in [-0.4, -0.2) is 28.5 Å². The lowest BCUT2D eigenvalue weighted by Gasteiger charge is -2.21. The Balaban J connectivity index is 1.88. The lowest BCUT2D eigenvalue weighted by Crippen LogP contribution is -2.23. The van der Waals surface area contributed by atoms with Gasteiger partial charge in [-0.1, -0.05) is 17.7 Å². The first-order chi connectivity index (χ1) is 13.4. The highest BCUT2D eigenvalue weighted by molar-refractivity contribution is 6.34. The third kappa shape index (κ3) is 3.93. The molecule has 7 nitrogen and oxygen atoms in total. The molecule has 28 heavy (non-hydrogen) atoms. The van der Waals surface area contributed by atoms with E-state index in [9.17, 15) is 5.11 Å². The number of methoxy groups -OCH3 is 1. The topological polar surface area (TPSA) is 84.8 Å². The van der Waals surface area contributed by atoms with E-state index in [2.05, 4.69) is 20.4 Å². The largest absolute Gasteiger partial charge is 0.497 e. The van der Waals surface area contributed by atoms with Gasteiger partial charge in [0.05, 0.1) is 24.8 Å². The zero-order valence-electron chi connectivity index (χ0n) is 15.6. The van der Waals surface area contributed by atoms with E-state index >= 15 is 0 Å². The zero-order valence-corrected chi connectivity index (χ0v) is 16.4. The molecule has 0 radical (unpaired) electrons. The number of halogens is 1. The number of aromatic nitrogens is 2. The Morgan fingerprint density at radius 3 is 2.54 bits per heavy atom. The highest BCUT2D eigenvalue weighted by Gasteiger charge is 2.25. The molecule has 0 aliphatic carbocycles. The van der Waals surface area contributed by atoms with Crippen molar-refractivity contribution in [3.63, 3.8) is 0 Å². The fourth-order valence-corrected chi connectivity index (χ4v) is 2.89. The summed E-state index contributed by atoms with van der Waals surface area (Å²) in [4.78, 5) is 3.38. The standard InChI is InChI=1S/C20H19ClN4O3/c1-11-15(9-10-16(22-3)17(11)21)23-18(12(2)26)20-25-24-19(28-20)13-5-7-14(27-4)8-6-13/h5-10,12,18,23,26H,1-2,4H3/t12-,18+/m0/s1. The Kier molecular flexibility index (Phi) is 5.83. The predicted molar refractivity (Wildman–Crippen MR) is 107 cm³/mol. The molecule has 8 heteroatoms. The SMILES string of the molecule is [C-]#[N+]c1ccc(N[C@@H](c2nnc(-c3ccc(OC)cc3)o2)[C@H](C)O)c(C)c1Cl. The highest BCUT2D eigenvalue weighted by Crippen LogP contribution is 2.35. The summed E-state index contributed by atoms with van der Waals surface area (Å²) in [5.74, 6) is 1.30. The van der Waals surface area contributed by atoms with E-state index in [4.69, 9.17) is 27.3 Å². The zero-order chi connectivity index (χ0) is 20.3. The van der Waals surface area contributed by atoms with Gasteiger partial charge in [-0.05, 0) is 49.7 Å². The van der Waals surface area contributed by atoms with Gasteiger partial charge in [0.15, 0.2) is 0 Å². The second-order valence-corrected chi connectivity index (χ2v) is 6.60. The summed E-state index contributed by atoms with van der Waals surface area (Å²) in [6.45, 7) is 10.6. The number of hydrogen-bond donors (Lipinski definition) is 2. The smallest absolute Gasteiger partial charge is 0.247 e. The molecule has 0 bridgehead atoms. The van der Waals surface area contributed by atoms with Crippen molar-refractivity contribution in [3.8, 4) is 17.2 Å². The molecule has 0 saturated carbocycles. The summed E-state index contributed by atoms with van der Waals surface area (Å²) in [5.41, 5.74) is 2.49. The fraction of sp³-hybridized carbons (Fsp3) is 0.250. The van der Waals surface area contributed by atoms with E-state index in [1.54, 1.807) is 45.2 Å². The first-order valence-corrected chi connectivity index (χ1v) is 8.91. The summed E-state index contributed by atoms with van der Waals surface area (Å²) in [7, 11) is 1.59. The van der Waals surface area contributed by atoms with Crippen molar-refractivity contribution in [1.82, 2.24) is 10.2 Å². The number of ether oxygens (including phenoxy) is 1. The molecule has 0 aliphatic rings. The van der Waals surface area contributed by atoms with Crippen LogP contribution < -0.4 is 10.1 Å². The van der Waals surface area contributed by atoms with Gasteiger partial charge in [-0.3, -0.25) is 0 Å². The molecule has 0 saturated heterocycles. The molecule has 0 amide bonds. The average Bonchev–Trinajstić information content (AvgIpc) is 3.18. The summed E-state index contributed by atoms with van der Waals surface area (Å²) >= 11 is 6.24. The number of rotatable bonds is 6. The van der Waals surface area contributed by atoms with Gasteiger partial charge in [-0.2, -0.15) is 0 Å². The molecule has 2 aromatic carbocycles. The van der Waals surface area contributed by atoms with Gasteiger partial charge < -0.3 is 19.6 Å². The first-order valence-electron chi connectivity index (χ1n) is 8.53. The minimum atomic E-state index is -0.817. The summed E-state index contributed by atoms with van der Waals surface area (Å²) in [6.07, 6.45) is -0.817. The van der Waals surface area contributed by atoms with E-state index in [1.807, 2.05) is 12.1 Å². The van der Waals surface area contributed by atoms with Crippen LogP contribution in [0.3, 0.4) is 0 Å². The van der Waals surface area contributed by atoms with Crippen molar-refractivity contribution >= 4 is 23.0 Å². The molecule has 1 heterocycles. The molecular formula is C20H19ClN4O3. The molecule has 0 aliphatic heterocycles. The van der Waals surface area contributed by atoms with Crippen molar-refractivity contribution in [2.24, 2.45) is 0 Å². The number of nitrogens with one attached hydrogen (secondary N) is 1. The van der Waals surface area contributed by atoms with Crippen LogP contribution in [0.15, 0.2) is 40.8 Å². The van der Waals surface area contributed by atoms with Crippen LogP contribution in [0.2, 0.25) is 5.02 Å². The number of nitrogens with zero attached hydrogens (tertiary/aromatic N) is 3. The van der Waals surface area contributed by atoms with Crippen LogP contribution in [0.1, 0.15) is 24.4 Å². The number of hydrogen-bond acceptors (Lipinski definition) is 6. The Hall–Kier alpha value is -3.08. The molecular weight excluding hydrogens is 380 g/mol. The van der Waals surface area contributed by atoms with Gasteiger partial charge in [0.2, 0.25) is 17.5 Å². The van der Waals surface area contributed by atoms with Gasteiger partial charge in [0.25, 0.3) is 0 Å². The molecule has 0 unspecified atom stereocenters. The van der Waals surface area contributed by atoms with Crippen molar-refractivity contribution in [3.05, 3.63) is 64.3 Å². The maximum absolute atomic E-state index is 10.2. The van der Waals surface area contributed by atoms with E-state index in [1.165, 1.54) is 0 Å². The summed E-state index contributed by atoms with van der Waals surface area (Å²) < 4.78 is 10.9. The maximum atomic E-state index is 10.2. The average molecular weight is 399 g/mol. The number of anilines is 1. The molecule has 2 atom stereocenters.